The second kappa shape index (κ2) is 9.35. The van der Waals surface area contributed by atoms with Crippen molar-refractivity contribution in [1.82, 2.24) is 19.7 Å². The van der Waals surface area contributed by atoms with E-state index < -0.39 is 0 Å². The number of allylic oxidation sites excluding steroid dienone is 1. The third-order valence-corrected chi connectivity index (χ3v) is 7.24. The minimum absolute atomic E-state index is 0.140. The van der Waals surface area contributed by atoms with Gasteiger partial charge in [-0.25, -0.2) is 4.98 Å². The predicted octanol–water partition coefficient (Wildman–Crippen LogP) is 6.10. The van der Waals surface area contributed by atoms with Gasteiger partial charge in [0, 0.05) is 21.8 Å². The lowest BCUT2D eigenvalue weighted by Crippen LogP contribution is -2.13. The number of aryl methyl sites for hydroxylation is 1. The van der Waals surface area contributed by atoms with Gasteiger partial charge in [0.1, 0.15) is 0 Å². The zero-order chi connectivity index (χ0) is 22.0. The molecule has 0 spiro atoms. The predicted molar refractivity (Wildman–Crippen MR) is 132 cm³/mol. The number of rotatable bonds is 7. The number of aromatic nitrogens is 4. The fraction of sp³-hybridized carbons (Fsp3) is 0.143. The molecule has 6 nitrogen and oxygen atoms in total. The molecule has 0 radical (unpaired) electrons. The molecule has 4 rings (SSSR count). The van der Waals surface area contributed by atoms with E-state index in [0.717, 1.165) is 26.2 Å². The maximum Gasteiger partial charge on any atom is 0.236 e. The van der Waals surface area contributed by atoms with Crippen molar-refractivity contribution < 1.29 is 4.79 Å². The van der Waals surface area contributed by atoms with Crippen molar-refractivity contribution in [3.05, 3.63) is 64.5 Å². The van der Waals surface area contributed by atoms with E-state index >= 15 is 0 Å². The molecular formula is C21H18ClN5OS3. The van der Waals surface area contributed by atoms with Crippen LogP contribution in [0.15, 0.2) is 53.9 Å². The maximum absolute atomic E-state index is 12.6. The smallest absolute Gasteiger partial charge is 0.236 e. The van der Waals surface area contributed by atoms with Crippen LogP contribution in [-0.2, 0) is 11.3 Å². The summed E-state index contributed by atoms with van der Waals surface area (Å²) in [4.78, 5) is 18.9. The summed E-state index contributed by atoms with van der Waals surface area (Å²) in [6, 6.07) is 11.7. The number of amides is 1. The van der Waals surface area contributed by atoms with E-state index in [-0.39, 0.29) is 11.7 Å². The van der Waals surface area contributed by atoms with Crippen molar-refractivity contribution in [2.75, 3.05) is 11.1 Å². The highest BCUT2D eigenvalue weighted by Crippen LogP contribution is 2.34. The average Bonchev–Trinajstić information content (AvgIpc) is 3.28. The summed E-state index contributed by atoms with van der Waals surface area (Å²) in [6.07, 6.45) is 1.75. The van der Waals surface area contributed by atoms with Gasteiger partial charge in [0.25, 0.3) is 0 Å². The molecule has 0 bridgehead atoms. The summed E-state index contributed by atoms with van der Waals surface area (Å²) in [5, 5.41) is 13.2. The normalized spacial score (nSPS) is 11.0. The largest absolute Gasteiger partial charge is 0.301 e. The quantitative estimate of drug-likeness (QED) is 0.187. The molecule has 0 fully saturated rings. The standard InChI is InChI=1S/C21H18ClN5OS3/c1-3-10-27-19(25-26-21(27)29)18-12(2)23-20(31-18)24-16(28)11-30-15-9-5-7-13-6-4-8-14(22)17(13)15/h3-9H,1,10-11H2,2H3,(H,26,29)(H,23,24,28). The molecule has 0 saturated heterocycles. The Balaban J connectivity index is 1.49. The molecule has 2 N–H and O–H groups in total. The summed E-state index contributed by atoms with van der Waals surface area (Å²) in [5.74, 6) is 0.785. The number of fused-ring (bicyclic) bond motifs is 1. The summed E-state index contributed by atoms with van der Waals surface area (Å²) >= 11 is 14.5. The monoisotopic (exact) mass is 487 g/mol. The summed E-state index contributed by atoms with van der Waals surface area (Å²) in [6.45, 7) is 6.17. The molecule has 158 valence electrons. The van der Waals surface area contributed by atoms with Gasteiger partial charge in [-0.05, 0) is 36.7 Å². The summed E-state index contributed by atoms with van der Waals surface area (Å²) < 4.78 is 2.35. The lowest BCUT2D eigenvalue weighted by Gasteiger charge is -2.07. The minimum atomic E-state index is -0.140. The number of halogens is 1. The number of carbonyl (C=O) groups is 1. The van der Waals surface area contributed by atoms with E-state index in [1.807, 2.05) is 47.9 Å². The van der Waals surface area contributed by atoms with Crippen molar-refractivity contribution in [3.63, 3.8) is 0 Å². The fourth-order valence-corrected chi connectivity index (χ4v) is 5.56. The molecule has 10 heteroatoms. The van der Waals surface area contributed by atoms with Crippen molar-refractivity contribution in [2.45, 2.75) is 18.4 Å². The third-order valence-electron chi connectivity index (χ3n) is 4.49. The molecule has 0 atom stereocenters. The molecule has 31 heavy (non-hydrogen) atoms. The Morgan fingerprint density at radius 1 is 1.39 bits per heavy atom. The molecule has 2 aromatic carbocycles. The van der Waals surface area contributed by atoms with Gasteiger partial charge in [-0.2, -0.15) is 5.10 Å². The first-order valence-corrected chi connectivity index (χ1v) is 11.9. The van der Waals surface area contributed by atoms with Gasteiger partial charge in [-0.15, -0.1) is 18.3 Å². The zero-order valence-corrected chi connectivity index (χ0v) is 19.7. The number of thiazole rings is 1. The Kier molecular flexibility index (Phi) is 6.57. The number of anilines is 1. The van der Waals surface area contributed by atoms with Gasteiger partial charge in [0.2, 0.25) is 5.91 Å². The Labute approximate surface area is 197 Å². The zero-order valence-electron chi connectivity index (χ0n) is 16.5. The van der Waals surface area contributed by atoms with Crippen LogP contribution in [0.2, 0.25) is 5.02 Å². The van der Waals surface area contributed by atoms with E-state index in [1.165, 1.54) is 23.1 Å². The number of H-pyrrole nitrogens is 1. The molecule has 0 saturated carbocycles. The van der Waals surface area contributed by atoms with Gasteiger partial charge in [-0.1, -0.05) is 53.3 Å². The Morgan fingerprint density at radius 2 is 2.16 bits per heavy atom. The highest BCUT2D eigenvalue weighted by Gasteiger charge is 2.17. The van der Waals surface area contributed by atoms with Gasteiger partial charge in [0.05, 0.1) is 16.3 Å². The van der Waals surface area contributed by atoms with E-state index in [1.54, 1.807) is 6.08 Å². The second-order valence-corrected chi connectivity index (χ2v) is 9.43. The van der Waals surface area contributed by atoms with Crippen LogP contribution in [0.3, 0.4) is 0 Å². The van der Waals surface area contributed by atoms with Crippen LogP contribution in [0.1, 0.15) is 5.69 Å². The van der Waals surface area contributed by atoms with E-state index in [2.05, 4.69) is 27.1 Å². The maximum atomic E-state index is 12.6. The SMILES string of the molecule is C=CCn1c(-c2sc(NC(=O)CSc3cccc4cccc(Cl)c34)nc2C)n[nH]c1=S. The third kappa shape index (κ3) is 4.59. The molecule has 0 aliphatic heterocycles. The highest BCUT2D eigenvalue weighted by molar-refractivity contribution is 8.00. The molecular weight excluding hydrogens is 470 g/mol. The number of hydrogen-bond donors (Lipinski definition) is 2. The van der Waals surface area contributed by atoms with Gasteiger partial charge >= 0.3 is 0 Å². The van der Waals surface area contributed by atoms with Crippen LogP contribution in [0.5, 0.6) is 0 Å². The molecule has 0 unspecified atom stereocenters. The first-order valence-electron chi connectivity index (χ1n) is 9.31. The number of hydrogen-bond acceptors (Lipinski definition) is 6. The van der Waals surface area contributed by atoms with E-state index in [0.29, 0.717) is 27.3 Å². The number of thioether (sulfide) groups is 1. The van der Waals surface area contributed by atoms with Crippen LogP contribution in [-0.4, -0.2) is 31.4 Å². The summed E-state index contributed by atoms with van der Waals surface area (Å²) in [7, 11) is 0. The van der Waals surface area contributed by atoms with Crippen molar-refractivity contribution in [1.29, 1.82) is 0 Å². The van der Waals surface area contributed by atoms with Crippen LogP contribution in [0.25, 0.3) is 21.5 Å². The average molecular weight is 488 g/mol. The Morgan fingerprint density at radius 3 is 2.94 bits per heavy atom. The number of aromatic amines is 1. The first kappa shape index (κ1) is 21.8. The van der Waals surface area contributed by atoms with Crippen molar-refractivity contribution in [2.24, 2.45) is 0 Å². The van der Waals surface area contributed by atoms with Crippen molar-refractivity contribution in [3.8, 4) is 10.7 Å². The molecule has 2 heterocycles. The lowest BCUT2D eigenvalue weighted by atomic mass is 10.1. The van der Waals surface area contributed by atoms with Gasteiger partial charge in [-0.3, -0.25) is 14.5 Å². The van der Waals surface area contributed by atoms with Gasteiger partial charge in [0.15, 0.2) is 15.7 Å². The topological polar surface area (TPSA) is 75.6 Å². The number of nitrogens with zero attached hydrogens (tertiary/aromatic N) is 3. The van der Waals surface area contributed by atoms with Crippen molar-refractivity contribution >= 4 is 68.7 Å². The minimum Gasteiger partial charge on any atom is -0.301 e. The number of carbonyl (C=O) groups excluding carboxylic acids is 1. The molecule has 0 aliphatic rings. The number of benzene rings is 2. The Hall–Kier alpha value is -2.46. The van der Waals surface area contributed by atoms with E-state index in [4.69, 9.17) is 23.8 Å². The first-order chi connectivity index (χ1) is 15.0. The van der Waals surface area contributed by atoms with Crippen LogP contribution >= 0.6 is 46.9 Å². The van der Waals surface area contributed by atoms with Crippen LogP contribution in [0.4, 0.5) is 5.13 Å². The second-order valence-electron chi connectivity index (χ2n) is 6.62. The fourth-order valence-electron chi connectivity index (χ4n) is 3.13. The molecule has 0 aliphatic carbocycles. The van der Waals surface area contributed by atoms with Gasteiger partial charge < -0.3 is 5.32 Å². The number of nitrogens with one attached hydrogen (secondary N) is 2. The molecule has 2 aromatic heterocycles. The molecule has 4 aromatic rings. The van der Waals surface area contributed by atoms with Crippen LogP contribution in [0, 0.1) is 11.7 Å². The Bertz CT molecular complexity index is 1340. The molecule has 1 amide bonds. The lowest BCUT2D eigenvalue weighted by molar-refractivity contribution is -0.113. The van der Waals surface area contributed by atoms with Crippen LogP contribution < -0.4 is 5.32 Å². The van der Waals surface area contributed by atoms with E-state index in [9.17, 15) is 4.79 Å². The summed E-state index contributed by atoms with van der Waals surface area (Å²) in [5.41, 5.74) is 0.771. The highest BCUT2D eigenvalue weighted by atomic mass is 35.5.